The molecule has 4 fully saturated rings. The first-order valence-corrected chi connectivity index (χ1v) is 8.79. The average Bonchev–Trinajstić information content (AvgIpc) is 2.91. The number of hydrogen-bond acceptors (Lipinski definition) is 3. The van der Waals surface area contributed by atoms with Gasteiger partial charge in [0.15, 0.2) is 0 Å². The van der Waals surface area contributed by atoms with Crippen LogP contribution < -0.4 is 5.73 Å². The number of fused-ring (bicyclic) bond motifs is 1. The van der Waals surface area contributed by atoms with Crippen LogP contribution in [0.15, 0.2) is 0 Å². The van der Waals surface area contributed by atoms with Crippen LogP contribution in [0.2, 0.25) is 0 Å². The Kier molecular flexibility index (Phi) is 2.15. The highest BCUT2D eigenvalue weighted by Crippen LogP contribution is 2.61. The summed E-state index contributed by atoms with van der Waals surface area (Å²) in [5.74, 6) is 3.04. The van der Waals surface area contributed by atoms with Crippen LogP contribution in [-0.2, 0) is 11.8 Å². The largest absolute Gasteiger partial charge is 0.323 e. The number of rotatable bonds is 1. The van der Waals surface area contributed by atoms with E-state index in [9.17, 15) is 0 Å². The molecule has 2 N–H and O–H groups in total. The van der Waals surface area contributed by atoms with E-state index in [1.807, 2.05) is 11.3 Å². The van der Waals surface area contributed by atoms with Crippen LogP contribution in [0.1, 0.15) is 66.6 Å². The van der Waals surface area contributed by atoms with E-state index in [0.717, 1.165) is 30.6 Å². The van der Waals surface area contributed by atoms with Gasteiger partial charge in [-0.15, -0.1) is 11.3 Å². The lowest BCUT2D eigenvalue weighted by molar-refractivity contribution is -0.00533. The molecule has 6 rings (SSSR count). The molecule has 0 radical (unpaired) electrons. The van der Waals surface area contributed by atoms with E-state index in [0.29, 0.717) is 5.41 Å². The molecule has 1 unspecified atom stereocenters. The van der Waals surface area contributed by atoms with E-state index in [-0.39, 0.29) is 6.04 Å². The van der Waals surface area contributed by atoms with Crippen molar-refractivity contribution < 1.29 is 0 Å². The van der Waals surface area contributed by atoms with Gasteiger partial charge < -0.3 is 5.73 Å². The van der Waals surface area contributed by atoms with E-state index in [1.54, 1.807) is 0 Å². The summed E-state index contributed by atoms with van der Waals surface area (Å²) in [7, 11) is 0. The van der Waals surface area contributed by atoms with Crippen LogP contribution in [0.3, 0.4) is 0 Å². The van der Waals surface area contributed by atoms with Crippen molar-refractivity contribution in [2.75, 3.05) is 0 Å². The molecule has 2 nitrogen and oxygen atoms in total. The topological polar surface area (TPSA) is 38.9 Å². The SMILES string of the molecule is NC1CCc2nc(C34CC5CC(CC(C5)C3)C4)sc21. The number of hydrogen-bond donors (Lipinski definition) is 1. The molecule has 5 aliphatic carbocycles. The summed E-state index contributed by atoms with van der Waals surface area (Å²) in [4.78, 5) is 6.49. The van der Waals surface area contributed by atoms with Crippen molar-refractivity contribution in [2.45, 2.75) is 62.8 Å². The molecule has 5 aliphatic rings. The summed E-state index contributed by atoms with van der Waals surface area (Å²) in [6.45, 7) is 0. The maximum Gasteiger partial charge on any atom is 0.0993 e. The maximum absolute atomic E-state index is 6.22. The van der Waals surface area contributed by atoms with Gasteiger partial charge in [0.2, 0.25) is 0 Å². The minimum Gasteiger partial charge on any atom is -0.323 e. The van der Waals surface area contributed by atoms with Crippen molar-refractivity contribution in [1.82, 2.24) is 4.98 Å². The monoisotopic (exact) mass is 274 g/mol. The van der Waals surface area contributed by atoms with E-state index < -0.39 is 0 Å². The van der Waals surface area contributed by atoms with E-state index in [2.05, 4.69) is 0 Å². The van der Waals surface area contributed by atoms with Crippen molar-refractivity contribution in [2.24, 2.45) is 23.5 Å². The van der Waals surface area contributed by atoms with Crippen molar-refractivity contribution in [3.05, 3.63) is 15.6 Å². The zero-order valence-corrected chi connectivity index (χ0v) is 12.2. The maximum atomic E-state index is 6.22. The molecule has 4 saturated carbocycles. The summed E-state index contributed by atoms with van der Waals surface area (Å²) in [6, 6.07) is 0.287. The smallest absolute Gasteiger partial charge is 0.0993 e. The molecule has 4 bridgehead atoms. The van der Waals surface area contributed by atoms with Gasteiger partial charge in [-0.3, -0.25) is 0 Å². The van der Waals surface area contributed by atoms with Gasteiger partial charge in [0.25, 0.3) is 0 Å². The van der Waals surface area contributed by atoms with E-state index in [1.165, 1.54) is 54.1 Å². The second-order valence-corrected chi connectivity index (χ2v) is 8.70. The first-order chi connectivity index (χ1) is 9.22. The summed E-state index contributed by atoms with van der Waals surface area (Å²) in [5, 5.41) is 1.48. The third kappa shape index (κ3) is 1.49. The highest BCUT2D eigenvalue weighted by atomic mass is 32.1. The summed E-state index contributed by atoms with van der Waals surface area (Å²) in [5.41, 5.74) is 8.05. The molecule has 0 saturated heterocycles. The lowest BCUT2D eigenvalue weighted by Crippen LogP contribution is -2.48. The fourth-order valence-electron chi connectivity index (χ4n) is 5.86. The zero-order valence-electron chi connectivity index (χ0n) is 11.4. The molecule has 1 aromatic rings. The van der Waals surface area contributed by atoms with Gasteiger partial charge in [-0.2, -0.15) is 0 Å². The molecular weight excluding hydrogens is 252 g/mol. The van der Waals surface area contributed by atoms with Crippen molar-refractivity contribution in [3.8, 4) is 0 Å². The van der Waals surface area contributed by atoms with Gasteiger partial charge in [-0.05, 0) is 69.1 Å². The standard InChI is InChI=1S/C16H22N2S/c17-12-1-2-13-14(12)19-15(18-13)16-6-9-3-10(7-16)5-11(4-9)8-16/h9-12H,1-8,17H2. The molecule has 0 aliphatic heterocycles. The van der Waals surface area contributed by atoms with Crippen LogP contribution in [0.25, 0.3) is 0 Å². The third-order valence-electron chi connectivity index (χ3n) is 6.25. The Morgan fingerprint density at radius 1 is 1.05 bits per heavy atom. The minimum atomic E-state index is 0.287. The predicted octanol–water partition coefficient (Wildman–Crippen LogP) is 3.56. The molecule has 102 valence electrons. The van der Waals surface area contributed by atoms with Gasteiger partial charge in [0.1, 0.15) is 0 Å². The Morgan fingerprint density at radius 2 is 1.68 bits per heavy atom. The fraction of sp³-hybridized carbons (Fsp3) is 0.812. The molecule has 1 heterocycles. The Morgan fingerprint density at radius 3 is 2.26 bits per heavy atom. The van der Waals surface area contributed by atoms with Gasteiger partial charge in [-0.1, -0.05) is 0 Å². The molecule has 3 heteroatoms. The molecule has 1 aromatic heterocycles. The minimum absolute atomic E-state index is 0.287. The molecule has 0 aromatic carbocycles. The number of nitrogens with zero attached hydrogens (tertiary/aromatic N) is 1. The number of aryl methyl sites for hydroxylation is 1. The third-order valence-corrected chi connectivity index (χ3v) is 7.72. The van der Waals surface area contributed by atoms with E-state index in [4.69, 9.17) is 10.7 Å². The number of nitrogens with two attached hydrogens (primary N) is 1. The van der Waals surface area contributed by atoms with Crippen LogP contribution in [0, 0.1) is 17.8 Å². The quantitative estimate of drug-likeness (QED) is 0.850. The van der Waals surface area contributed by atoms with Crippen LogP contribution in [-0.4, -0.2) is 4.98 Å². The Balaban J connectivity index is 1.57. The highest BCUT2D eigenvalue weighted by Gasteiger charge is 2.53. The van der Waals surface area contributed by atoms with Gasteiger partial charge in [0, 0.05) is 16.3 Å². The second-order valence-electron chi connectivity index (χ2n) is 7.67. The fourth-order valence-corrected chi connectivity index (χ4v) is 7.22. The van der Waals surface area contributed by atoms with E-state index >= 15 is 0 Å². The van der Waals surface area contributed by atoms with Crippen LogP contribution in [0.5, 0.6) is 0 Å². The van der Waals surface area contributed by atoms with Gasteiger partial charge in [0.05, 0.1) is 10.7 Å². The average molecular weight is 274 g/mol. The second kappa shape index (κ2) is 3.62. The predicted molar refractivity (Wildman–Crippen MR) is 77.2 cm³/mol. The zero-order chi connectivity index (χ0) is 12.6. The Bertz CT molecular complexity index is 498. The lowest BCUT2D eigenvalue weighted by Gasteiger charge is -2.56. The Labute approximate surface area is 118 Å². The summed E-state index contributed by atoms with van der Waals surface area (Å²) < 4.78 is 0. The summed E-state index contributed by atoms with van der Waals surface area (Å²) in [6.07, 6.45) is 11.1. The van der Waals surface area contributed by atoms with Gasteiger partial charge >= 0.3 is 0 Å². The van der Waals surface area contributed by atoms with Crippen LogP contribution >= 0.6 is 11.3 Å². The van der Waals surface area contributed by atoms with Crippen molar-refractivity contribution in [1.29, 1.82) is 0 Å². The number of thiazole rings is 1. The first-order valence-electron chi connectivity index (χ1n) is 7.97. The molecule has 1 atom stereocenters. The van der Waals surface area contributed by atoms with Crippen LogP contribution in [0.4, 0.5) is 0 Å². The Hall–Kier alpha value is -0.410. The number of aromatic nitrogens is 1. The molecule has 19 heavy (non-hydrogen) atoms. The van der Waals surface area contributed by atoms with Crippen molar-refractivity contribution in [3.63, 3.8) is 0 Å². The molecule has 0 amide bonds. The van der Waals surface area contributed by atoms with Gasteiger partial charge in [-0.25, -0.2) is 4.98 Å². The highest BCUT2D eigenvalue weighted by molar-refractivity contribution is 7.12. The molecule has 0 spiro atoms. The van der Waals surface area contributed by atoms with Crippen molar-refractivity contribution >= 4 is 11.3 Å². The lowest BCUT2D eigenvalue weighted by atomic mass is 9.50. The first kappa shape index (κ1) is 11.3. The normalized spacial score (nSPS) is 46.8. The summed E-state index contributed by atoms with van der Waals surface area (Å²) >= 11 is 1.98. The molecular formula is C16H22N2S.